The van der Waals surface area contributed by atoms with Crippen molar-refractivity contribution < 1.29 is 14.7 Å². The molecule has 0 atom stereocenters. The summed E-state index contributed by atoms with van der Waals surface area (Å²) in [6, 6.07) is 7.06. The van der Waals surface area contributed by atoms with Crippen molar-refractivity contribution in [3.63, 3.8) is 0 Å². The predicted molar refractivity (Wildman–Crippen MR) is 123 cm³/mol. The van der Waals surface area contributed by atoms with Crippen molar-refractivity contribution in [1.82, 2.24) is 9.80 Å². The third-order valence-corrected chi connectivity index (χ3v) is 7.62. The molecule has 2 heterocycles. The van der Waals surface area contributed by atoms with Crippen LogP contribution in [0.1, 0.15) is 63.5 Å². The number of likely N-dealkylation sites (N-methyl/N-ethyl adjacent to an activating group) is 1. The van der Waals surface area contributed by atoms with Crippen LogP contribution in [0.2, 0.25) is 0 Å². The molecule has 0 bridgehead atoms. The lowest BCUT2D eigenvalue weighted by molar-refractivity contribution is -0.137. The summed E-state index contributed by atoms with van der Waals surface area (Å²) < 4.78 is 0. The molecule has 2 amide bonds. The van der Waals surface area contributed by atoms with Crippen LogP contribution in [0.15, 0.2) is 18.2 Å². The molecule has 0 unspecified atom stereocenters. The van der Waals surface area contributed by atoms with Crippen LogP contribution in [-0.2, 0) is 16.6 Å². The van der Waals surface area contributed by atoms with Gasteiger partial charge in [-0.1, -0.05) is 19.9 Å². The summed E-state index contributed by atoms with van der Waals surface area (Å²) in [4.78, 5) is 30.5. The monoisotopic (exact) mass is 427 g/mol. The van der Waals surface area contributed by atoms with E-state index in [1.165, 1.54) is 11.1 Å². The van der Waals surface area contributed by atoms with Gasteiger partial charge in [-0.3, -0.25) is 9.69 Å². The molecule has 6 nitrogen and oxygen atoms in total. The van der Waals surface area contributed by atoms with Crippen LogP contribution >= 0.6 is 0 Å². The zero-order valence-corrected chi connectivity index (χ0v) is 19.3. The van der Waals surface area contributed by atoms with Crippen molar-refractivity contribution in [2.75, 3.05) is 38.1 Å². The molecule has 170 valence electrons. The number of carbonyl (C=O) groups is 2. The summed E-state index contributed by atoms with van der Waals surface area (Å²) in [5, 5.41) is 8.91. The van der Waals surface area contributed by atoms with Crippen LogP contribution in [0.25, 0.3) is 0 Å². The Morgan fingerprint density at radius 1 is 1.13 bits per heavy atom. The van der Waals surface area contributed by atoms with E-state index in [1.807, 2.05) is 4.90 Å². The number of hydrogen-bond acceptors (Lipinski definition) is 3. The van der Waals surface area contributed by atoms with Crippen LogP contribution < -0.4 is 4.90 Å². The van der Waals surface area contributed by atoms with Gasteiger partial charge in [-0.05, 0) is 74.8 Å². The molecule has 0 aromatic heterocycles. The van der Waals surface area contributed by atoms with Gasteiger partial charge in [0.25, 0.3) is 0 Å². The number of amides is 2. The van der Waals surface area contributed by atoms with Gasteiger partial charge in [0.15, 0.2) is 0 Å². The number of carboxylic acids is 1. The van der Waals surface area contributed by atoms with Crippen molar-refractivity contribution in [1.29, 1.82) is 0 Å². The average Bonchev–Trinajstić information content (AvgIpc) is 3.06. The minimum Gasteiger partial charge on any atom is -0.481 e. The Labute approximate surface area is 186 Å². The van der Waals surface area contributed by atoms with E-state index >= 15 is 0 Å². The molecule has 4 rings (SSSR count). The molecular formula is C25H37N3O3. The fourth-order valence-corrected chi connectivity index (χ4v) is 5.97. The highest BCUT2D eigenvalue weighted by atomic mass is 16.4. The van der Waals surface area contributed by atoms with Gasteiger partial charge in [0.2, 0.25) is 0 Å². The molecule has 1 saturated carbocycles. The number of benzene rings is 1. The minimum atomic E-state index is -0.705. The SMILES string of the molecule is CN1CCc2cc(N3CCN(C4CCC(CCC(=O)O)CC4)C3=O)ccc2C(C)(C)C1. The first-order chi connectivity index (χ1) is 14.7. The first kappa shape index (κ1) is 22.1. The van der Waals surface area contributed by atoms with Crippen molar-refractivity contribution in [2.24, 2.45) is 5.92 Å². The number of rotatable bonds is 5. The van der Waals surface area contributed by atoms with E-state index in [9.17, 15) is 9.59 Å². The number of nitrogens with zero attached hydrogens (tertiary/aromatic N) is 3. The summed E-state index contributed by atoms with van der Waals surface area (Å²) in [5.41, 5.74) is 3.92. The molecule has 0 radical (unpaired) electrons. The first-order valence-electron chi connectivity index (χ1n) is 11.9. The maximum absolute atomic E-state index is 13.3. The molecule has 1 aromatic rings. The summed E-state index contributed by atoms with van der Waals surface area (Å²) in [5.74, 6) is -0.213. The zero-order chi connectivity index (χ0) is 22.2. The van der Waals surface area contributed by atoms with Gasteiger partial charge in [0.05, 0.1) is 0 Å². The van der Waals surface area contributed by atoms with E-state index in [1.54, 1.807) is 0 Å². The smallest absolute Gasteiger partial charge is 0.324 e. The van der Waals surface area contributed by atoms with Crippen molar-refractivity contribution in [3.05, 3.63) is 29.3 Å². The number of fused-ring (bicyclic) bond motifs is 1. The van der Waals surface area contributed by atoms with Crippen LogP contribution in [0.5, 0.6) is 0 Å². The van der Waals surface area contributed by atoms with Gasteiger partial charge in [0.1, 0.15) is 0 Å². The summed E-state index contributed by atoms with van der Waals surface area (Å²) in [6.45, 7) is 8.25. The lowest BCUT2D eigenvalue weighted by atomic mass is 9.81. The maximum atomic E-state index is 13.3. The number of anilines is 1. The Balaban J connectivity index is 1.41. The number of urea groups is 1. The molecule has 0 spiro atoms. The minimum absolute atomic E-state index is 0.111. The van der Waals surface area contributed by atoms with Gasteiger partial charge < -0.3 is 14.9 Å². The molecule has 1 aromatic carbocycles. The second-order valence-electron chi connectivity index (χ2n) is 10.4. The Morgan fingerprint density at radius 3 is 2.58 bits per heavy atom. The zero-order valence-electron chi connectivity index (χ0n) is 19.3. The van der Waals surface area contributed by atoms with Crippen LogP contribution in [0.4, 0.5) is 10.5 Å². The molecular weight excluding hydrogens is 390 g/mol. The third-order valence-electron chi connectivity index (χ3n) is 7.62. The highest BCUT2D eigenvalue weighted by Gasteiger charge is 2.37. The standard InChI is InChI=1S/C25H37N3O3/c1-25(2)17-26(3)13-12-19-16-21(9-10-22(19)25)28-15-14-27(24(28)31)20-7-4-18(5-8-20)6-11-23(29)30/h9-10,16,18,20H,4-8,11-15,17H2,1-3H3,(H,29,30). The van der Waals surface area contributed by atoms with Crippen molar-refractivity contribution >= 4 is 17.7 Å². The van der Waals surface area contributed by atoms with E-state index in [-0.39, 0.29) is 17.9 Å². The Morgan fingerprint density at radius 2 is 1.87 bits per heavy atom. The molecule has 2 fully saturated rings. The normalized spacial score (nSPS) is 26.6. The van der Waals surface area contributed by atoms with Crippen molar-refractivity contribution in [3.8, 4) is 0 Å². The highest BCUT2D eigenvalue weighted by molar-refractivity contribution is 5.94. The third kappa shape index (κ3) is 4.74. The fourth-order valence-electron chi connectivity index (χ4n) is 5.97. The average molecular weight is 428 g/mol. The molecule has 6 heteroatoms. The number of aliphatic carboxylic acids is 1. The van der Waals surface area contributed by atoms with E-state index in [0.717, 1.165) is 70.4 Å². The molecule has 1 aliphatic carbocycles. The topological polar surface area (TPSA) is 64.1 Å². The maximum Gasteiger partial charge on any atom is 0.324 e. The largest absolute Gasteiger partial charge is 0.481 e. The number of carboxylic acid groups (broad SMARTS) is 1. The van der Waals surface area contributed by atoms with Gasteiger partial charge in [-0.25, -0.2) is 4.79 Å². The lowest BCUT2D eigenvalue weighted by Gasteiger charge is -2.34. The Hall–Kier alpha value is -2.08. The van der Waals surface area contributed by atoms with Gasteiger partial charge in [0, 0.05) is 49.7 Å². The van der Waals surface area contributed by atoms with Gasteiger partial charge in [-0.15, -0.1) is 0 Å². The van der Waals surface area contributed by atoms with E-state index in [0.29, 0.717) is 12.0 Å². The van der Waals surface area contributed by atoms with E-state index in [2.05, 4.69) is 48.9 Å². The Bertz CT molecular complexity index is 829. The number of carbonyl (C=O) groups excluding carboxylic acids is 1. The van der Waals surface area contributed by atoms with Crippen molar-refractivity contribution in [2.45, 2.75) is 70.3 Å². The van der Waals surface area contributed by atoms with Gasteiger partial charge in [-0.2, -0.15) is 0 Å². The lowest BCUT2D eigenvalue weighted by Crippen LogP contribution is -2.41. The molecule has 1 saturated heterocycles. The van der Waals surface area contributed by atoms with Crippen LogP contribution in [-0.4, -0.2) is 66.2 Å². The molecule has 1 N–H and O–H groups in total. The first-order valence-corrected chi connectivity index (χ1v) is 11.9. The van der Waals surface area contributed by atoms with E-state index < -0.39 is 5.97 Å². The summed E-state index contributed by atoms with van der Waals surface area (Å²) in [7, 11) is 2.19. The summed E-state index contributed by atoms with van der Waals surface area (Å²) in [6.07, 6.45) is 6.10. The summed E-state index contributed by atoms with van der Waals surface area (Å²) >= 11 is 0. The Kier molecular flexibility index (Phi) is 6.29. The highest BCUT2D eigenvalue weighted by Crippen LogP contribution is 2.36. The van der Waals surface area contributed by atoms with E-state index in [4.69, 9.17) is 5.11 Å². The molecule has 2 aliphatic heterocycles. The number of hydrogen-bond donors (Lipinski definition) is 1. The second-order valence-corrected chi connectivity index (χ2v) is 10.4. The van der Waals surface area contributed by atoms with Crippen LogP contribution in [0.3, 0.4) is 0 Å². The second kappa shape index (κ2) is 8.81. The quantitative estimate of drug-likeness (QED) is 0.768. The molecule has 3 aliphatic rings. The fraction of sp³-hybridized carbons (Fsp3) is 0.680. The predicted octanol–water partition coefficient (Wildman–Crippen LogP) is 4.12. The van der Waals surface area contributed by atoms with Gasteiger partial charge >= 0.3 is 12.0 Å². The van der Waals surface area contributed by atoms with Crippen LogP contribution in [0, 0.1) is 5.92 Å². The molecule has 31 heavy (non-hydrogen) atoms.